The second-order valence-electron chi connectivity index (χ2n) is 5.76. The van der Waals surface area contributed by atoms with E-state index in [-0.39, 0.29) is 18.1 Å². The van der Waals surface area contributed by atoms with Gasteiger partial charge in [-0.3, -0.25) is 0 Å². The summed E-state index contributed by atoms with van der Waals surface area (Å²) >= 11 is 0. The number of hydrogen-bond donors (Lipinski definition) is 1. The van der Waals surface area contributed by atoms with Crippen molar-refractivity contribution in [2.45, 2.75) is 31.9 Å². The Kier molecular flexibility index (Phi) is 5.43. The molecule has 1 aliphatic rings. The Morgan fingerprint density at radius 2 is 2.12 bits per heavy atom. The molecule has 0 spiro atoms. The summed E-state index contributed by atoms with van der Waals surface area (Å²) in [6, 6.07) is 13.9. The Balaban J connectivity index is 1.71. The fourth-order valence-electron chi connectivity index (χ4n) is 2.92. The van der Waals surface area contributed by atoms with E-state index in [1.807, 2.05) is 18.2 Å². The average Bonchev–Trinajstić information content (AvgIpc) is 2.63. The summed E-state index contributed by atoms with van der Waals surface area (Å²) in [5.74, 6) is 0.231. The van der Waals surface area contributed by atoms with Crippen molar-refractivity contribution in [3.8, 4) is 0 Å². The summed E-state index contributed by atoms with van der Waals surface area (Å²) in [4.78, 5) is 16.4. The summed E-state index contributed by atoms with van der Waals surface area (Å²) in [5.41, 5.74) is 1.65. The van der Waals surface area contributed by atoms with Crippen molar-refractivity contribution >= 4 is 11.8 Å². The third kappa shape index (κ3) is 3.92. The minimum atomic E-state index is -0.347. The van der Waals surface area contributed by atoms with E-state index in [0.717, 1.165) is 12.8 Å². The first-order valence-electron chi connectivity index (χ1n) is 8.33. The van der Waals surface area contributed by atoms with Gasteiger partial charge in [-0.1, -0.05) is 30.3 Å². The van der Waals surface area contributed by atoms with Gasteiger partial charge in [0.05, 0.1) is 12.7 Å². The minimum Gasteiger partial charge on any atom is -0.462 e. The number of carbonyl (C=O) groups is 1. The van der Waals surface area contributed by atoms with Crippen LogP contribution in [0.5, 0.6) is 0 Å². The van der Waals surface area contributed by atoms with E-state index in [1.165, 1.54) is 5.56 Å². The largest absolute Gasteiger partial charge is 0.462 e. The van der Waals surface area contributed by atoms with Crippen LogP contribution in [0, 0.1) is 0 Å². The van der Waals surface area contributed by atoms with Gasteiger partial charge in [-0.25, -0.2) is 9.78 Å². The van der Waals surface area contributed by atoms with Gasteiger partial charge in [0.25, 0.3) is 0 Å². The van der Waals surface area contributed by atoms with Crippen LogP contribution in [0.4, 0.5) is 5.82 Å². The molecule has 126 valence electrons. The Morgan fingerprint density at radius 1 is 1.29 bits per heavy atom. The second kappa shape index (κ2) is 7.93. The number of anilines is 1. The number of aromatic nitrogens is 1. The molecule has 1 aromatic heterocycles. The maximum Gasteiger partial charge on any atom is 0.341 e. The SMILES string of the molecule is CCOC(=O)c1cccnc1NC1CCOC(c2ccccc2)C1. The molecule has 0 aliphatic carbocycles. The lowest BCUT2D eigenvalue weighted by Gasteiger charge is -2.31. The number of esters is 1. The van der Waals surface area contributed by atoms with Crippen LogP contribution in [-0.2, 0) is 9.47 Å². The highest BCUT2D eigenvalue weighted by atomic mass is 16.5. The Morgan fingerprint density at radius 3 is 2.92 bits per heavy atom. The quantitative estimate of drug-likeness (QED) is 0.851. The number of nitrogens with one attached hydrogen (secondary N) is 1. The molecule has 0 radical (unpaired) electrons. The predicted molar refractivity (Wildman–Crippen MR) is 92.0 cm³/mol. The first-order valence-corrected chi connectivity index (χ1v) is 8.33. The van der Waals surface area contributed by atoms with E-state index in [0.29, 0.717) is 24.6 Å². The first-order chi connectivity index (χ1) is 11.8. The molecule has 2 aromatic rings. The van der Waals surface area contributed by atoms with E-state index in [1.54, 1.807) is 25.3 Å². The van der Waals surface area contributed by atoms with Gasteiger partial charge >= 0.3 is 5.97 Å². The van der Waals surface area contributed by atoms with Crippen LogP contribution in [-0.4, -0.2) is 30.2 Å². The molecule has 2 atom stereocenters. The highest BCUT2D eigenvalue weighted by Gasteiger charge is 2.25. The summed E-state index contributed by atoms with van der Waals surface area (Å²) < 4.78 is 11.0. The maximum absolute atomic E-state index is 12.1. The summed E-state index contributed by atoms with van der Waals surface area (Å²) in [6.45, 7) is 2.82. The zero-order valence-corrected chi connectivity index (χ0v) is 13.8. The zero-order valence-electron chi connectivity index (χ0n) is 13.8. The predicted octanol–water partition coefficient (Wildman–Crippen LogP) is 3.59. The maximum atomic E-state index is 12.1. The van der Waals surface area contributed by atoms with Crippen LogP contribution in [0.1, 0.15) is 41.8 Å². The van der Waals surface area contributed by atoms with Crippen LogP contribution in [0.25, 0.3) is 0 Å². The molecule has 1 aromatic carbocycles. The number of pyridine rings is 1. The fraction of sp³-hybridized carbons (Fsp3) is 0.368. The van der Waals surface area contributed by atoms with E-state index < -0.39 is 0 Å². The molecule has 1 N–H and O–H groups in total. The van der Waals surface area contributed by atoms with Crippen molar-refractivity contribution in [3.05, 3.63) is 59.8 Å². The average molecular weight is 326 g/mol. The Hall–Kier alpha value is -2.40. The normalized spacial score (nSPS) is 20.4. The number of ether oxygens (including phenoxy) is 2. The molecule has 0 saturated carbocycles. The molecular weight excluding hydrogens is 304 g/mol. The van der Waals surface area contributed by atoms with E-state index in [9.17, 15) is 4.79 Å². The molecule has 24 heavy (non-hydrogen) atoms. The molecule has 2 unspecified atom stereocenters. The molecule has 3 rings (SSSR count). The topological polar surface area (TPSA) is 60.5 Å². The monoisotopic (exact) mass is 326 g/mol. The molecule has 1 saturated heterocycles. The first kappa shape index (κ1) is 16.5. The molecule has 0 amide bonds. The molecule has 5 heteroatoms. The molecule has 5 nitrogen and oxygen atoms in total. The molecule has 2 heterocycles. The minimum absolute atomic E-state index is 0.0622. The van der Waals surface area contributed by atoms with E-state index in [2.05, 4.69) is 22.4 Å². The number of carbonyl (C=O) groups excluding carboxylic acids is 1. The van der Waals surface area contributed by atoms with Crippen molar-refractivity contribution in [2.75, 3.05) is 18.5 Å². The van der Waals surface area contributed by atoms with Crippen LogP contribution >= 0.6 is 0 Å². The summed E-state index contributed by atoms with van der Waals surface area (Å²) in [5, 5.41) is 3.40. The van der Waals surface area contributed by atoms with E-state index in [4.69, 9.17) is 9.47 Å². The fourth-order valence-corrected chi connectivity index (χ4v) is 2.92. The van der Waals surface area contributed by atoms with Gasteiger partial charge in [0.2, 0.25) is 0 Å². The van der Waals surface area contributed by atoms with Gasteiger partial charge in [-0.05, 0) is 37.5 Å². The Bertz CT molecular complexity index is 675. The van der Waals surface area contributed by atoms with Crippen molar-refractivity contribution in [2.24, 2.45) is 0 Å². The van der Waals surface area contributed by atoms with Gasteiger partial charge < -0.3 is 14.8 Å². The summed E-state index contributed by atoms with van der Waals surface area (Å²) in [7, 11) is 0. The van der Waals surface area contributed by atoms with Gasteiger partial charge in [0, 0.05) is 18.8 Å². The van der Waals surface area contributed by atoms with E-state index >= 15 is 0 Å². The van der Waals surface area contributed by atoms with Crippen molar-refractivity contribution in [3.63, 3.8) is 0 Å². The number of nitrogens with zero attached hydrogens (tertiary/aromatic N) is 1. The van der Waals surface area contributed by atoms with Crippen LogP contribution in [0.2, 0.25) is 0 Å². The van der Waals surface area contributed by atoms with Crippen LogP contribution < -0.4 is 5.32 Å². The van der Waals surface area contributed by atoms with Crippen molar-refractivity contribution in [1.82, 2.24) is 4.98 Å². The molecule has 1 aliphatic heterocycles. The van der Waals surface area contributed by atoms with Gasteiger partial charge in [0.1, 0.15) is 11.4 Å². The number of hydrogen-bond acceptors (Lipinski definition) is 5. The van der Waals surface area contributed by atoms with Crippen LogP contribution in [0.3, 0.4) is 0 Å². The third-order valence-electron chi connectivity index (χ3n) is 4.10. The van der Waals surface area contributed by atoms with Gasteiger partial charge in [-0.15, -0.1) is 0 Å². The number of benzene rings is 1. The van der Waals surface area contributed by atoms with Crippen molar-refractivity contribution in [1.29, 1.82) is 0 Å². The number of rotatable bonds is 5. The highest BCUT2D eigenvalue weighted by molar-refractivity contribution is 5.94. The highest BCUT2D eigenvalue weighted by Crippen LogP contribution is 2.29. The van der Waals surface area contributed by atoms with Crippen LogP contribution in [0.15, 0.2) is 48.7 Å². The zero-order chi connectivity index (χ0) is 16.8. The summed E-state index contributed by atoms with van der Waals surface area (Å²) in [6.07, 6.45) is 3.46. The lowest BCUT2D eigenvalue weighted by molar-refractivity contribution is 0.00973. The Labute approximate surface area is 142 Å². The third-order valence-corrected chi connectivity index (χ3v) is 4.10. The lowest BCUT2D eigenvalue weighted by atomic mass is 9.97. The standard InChI is InChI=1S/C19H22N2O3/c1-2-23-19(22)16-9-6-11-20-18(16)21-15-10-12-24-17(13-15)14-7-4-3-5-8-14/h3-9,11,15,17H,2,10,12-13H2,1H3,(H,20,21). The second-order valence-corrected chi connectivity index (χ2v) is 5.76. The van der Waals surface area contributed by atoms with Gasteiger partial charge in [-0.2, -0.15) is 0 Å². The molecule has 1 fully saturated rings. The van der Waals surface area contributed by atoms with Crippen molar-refractivity contribution < 1.29 is 14.3 Å². The lowest BCUT2D eigenvalue weighted by Crippen LogP contribution is -2.31. The van der Waals surface area contributed by atoms with Gasteiger partial charge in [0.15, 0.2) is 0 Å². The molecule has 0 bridgehead atoms. The smallest absolute Gasteiger partial charge is 0.341 e. The molecular formula is C19H22N2O3.